The van der Waals surface area contributed by atoms with Gasteiger partial charge in [-0.05, 0) is 35.2 Å². The van der Waals surface area contributed by atoms with Gasteiger partial charge in [-0.15, -0.1) is 0 Å². The van der Waals surface area contributed by atoms with Gasteiger partial charge < -0.3 is 9.47 Å². The summed E-state index contributed by atoms with van der Waals surface area (Å²) < 4.78 is 13.8. The standard InChI is InChI=1S/C21H22ClN3O2/c1-21(2,3)15-6-8-16(9-7-15)26-13-17-12-25-18(14-5-4-10-23-11-14)19(22)24-20(25)27-17/h4-11,17H,12-13H2,1-3H3/t17-/m0/s1. The third-order valence-electron chi connectivity index (χ3n) is 4.64. The van der Waals surface area contributed by atoms with Crippen molar-refractivity contribution >= 4 is 11.6 Å². The summed E-state index contributed by atoms with van der Waals surface area (Å²) >= 11 is 6.30. The number of rotatable bonds is 4. The Morgan fingerprint density at radius 2 is 2.00 bits per heavy atom. The van der Waals surface area contributed by atoms with Gasteiger partial charge in [0.1, 0.15) is 12.4 Å². The van der Waals surface area contributed by atoms with Crippen LogP contribution in [0.2, 0.25) is 5.15 Å². The van der Waals surface area contributed by atoms with Gasteiger partial charge in [-0.3, -0.25) is 9.55 Å². The lowest BCUT2D eigenvalue weighted by Crippen LogP contribution is -2.23. The van der Waals surface area contributed by atoms with Crippen molar-refractivity contribution in [2.24, 2.45) is 0 Å². The first-order valence-electron chi connectivity index (χ1n) is 8.98. The number of imidazole rings is 1. The van der Waals surface area contributed by atoms with E-state index >= 15 is 0 Å². The molecule has 1 aliphatic heterocycles. The lowest BCUT2D eigenvalue weighted by atomic mass is 9.87. The van der Waals surface area contributed by atoms with E-state index in [1.165, 1.54) is 5.56 Å². The summed E-state index contributed by atoms with van der Waals surface area (Å²) in [6.07, 6.45) is 3.40. The van der Waals surface area contributed by atoms with Crippen LogP contribution in [0, 0.1) is 0 Å². The second kappa shape index (κ2) is 6.89. The first kappa shape index (κ1) is 17.9. The number of aromatic nitrogens is 3. The third-order valence-corrected chi connectivity index (χ3v) is 4.90. The molecule has 140 valence electrons. The van der Waals surface area contributed by atoms with Gasteiger partial charge in [-0.25, -0.2) is 0 Å². The van der Waals surface area contributed by atoms with Crippen LogP contribution < -0.4 is 9.47 Å². The van der Waals surface area contributed by atoms with Gasteiger partial charge in [0.15, 0.2) is 11.3 Å². The fourth-order valence-electron chi connectivity index (χ4n) is 3.16. The summed E-state index contributed by atoms with van der Waals surface area (Å²) in [5.74, 6) is 0.835. The summed E-state index contributed by atoms with van der Waals surface area (Å²) in [5, 5.41) is 0.426. The molecule has 4 rings (SSSR count). The zero-order valence-electron chi connectivity index (χ0n) is 15.6. The maximum absolute atomic E-state index is 6.30. The molecule has 0 amide bonds. The first-order chi connectivity index (χ1) is 12.9. The van der Waals surface area contributed by atoms with Crippen molar-refractivity contribution in [2.75, 3.05) is 6.61 Å². The van der Waals surface area contributed by atoms with Crippen LogP contribution in [0.4, 0.5) is 0 Å². The molecule has 5 nitrogen and oxygen atoms in total. The van der Waals surface area contributed by atoms with Crippen LogP contribution in [-0.4, -0.2) is 27.2 Å². The Balaban J connectivity index is 1.43. The molecule has 0 unspecified atom stereocenters. The van der Waals surface area contributed by atoms with E-state index in [1.807, 2.05) is 28.8 Å². The Labute approximate surface area is 163 Å². The van der Waals surface area contributed by atoms with E-state index in [2.05, 4.69) is 42.9 Å². The molecule has 0 radical (unpaired) electrons. The largest absolute Gasteiger partial charge is 0.490 e. The smallest absolute Gasteiger partial charge is 0.298 e. The lowest BCUT2D eigenvalue weighted by Gasteiger charge is -2.19. The molecule has 0 aliphatic carbocycles. The molecular weight excluding hydrogens is 362 g/mol. The molecule has 0 bridgehead atoms. The van der Waals surface area contributed by atoms with Gasteiger partial charge in [-0.1, -0.05) is 44.5 Å². The minimum Gasteiger partial charge on any atom is -0.490 e. The zero-order chi connectivity index (χ0) is 19.0. The molecule has 0 saturated heterocycles. The molecule has 6 heteroatoms. The van der Waals surface area contributed by atoms with Crippen molar-refractivity contribution in [2.45, 2.75) is 38.8 Å². The minimum absolute atomic E-state index is 0.109. The van der Waals surface area contributed by atoms with Crippen LogP contribution >= 0.6 is 11.6 Å². The molecule has 3 aromatic rings. The highest BCUT2D eigenvalue weighted by Gasteiger charge is 2.30. The van der Waals surface area contributed by atoms with Gasteiger partial charge in [0.25, 0.3) is 6.01 Å². The van der Waals surface area contributed by atoms with E-state index in [4.69, 9.17) is 21.1 Å². The van der Waals surface area contributed by atoms with Crippen molar-refractivity contribution in [3.8, 4) is 23.0 Å². The highest BCUT2D eigenvalue weighted by Crippen LogP contribution is 2.35. The van der Waals surface area contributed by atoms with Crippen LogP contribution in [0.1, 0.15) is 26.3 Å². The summed E-state index contributed by atoms with van der Waals surface area (Å²) in [5.41, 5.74) is 3.16. The van der Waals surface area contributed by atoms with Crippen LogP contribution in [0.15, 0.2) is 48.8 Å². The Kier molecular flexibility index (Phi) is 4.56. The van der Waals surface area contributed by atoms with Gasteiger partial charge in [-0.2, -0.15) is 4.98 Å². The van der Waals surface area contributed by atoms with Crippen LogP contribution in [0.3, 0.4) is 0 Å². The van der Waals surface area contributed by atoms with Gasteiger partial charge >= 0.3 is 0 Å². The summed E-state index contributed by atoms with van der Waals surface area (Å²) in [6.45, 7) is 7.67. The highest BCUT2D eigenvalue weighted by molar-refractivity contribution is 6.32. The first-order valence-corrected chi connectivity index (χ1v) is 9.36. The van der Waals surface area contributed by atoms with Gasteiger partial charge in [0, 0.05) is 18.0 Å². The molecule has 3 heterocycles. The van der Waals surface area contributed by atoms with E-state index in [0.717, 1.165) is 17.0 Å². The van der Waals surface area contributed by atoms with E-state index in [0.29, 0.717) is 24.3 Å². The molecule has 1 aromatic carbocycles. The lowest BCUT2D eigenvalue weighted by molar-refractivity contribution is 0.143. The second-order valence-corrected chi connectivity index (χ2v) is 8.07. The average molecular weight is 384 g/mol. The number of ether oxygens (including phenoxy) is 2. The summed E-state index contributed by atoms with van der Waals surface area (Å²) in [7, 11) is 0. The van der Waals surface area contributed by atoms with E-state index in [-0.39, 0.29) is 11.5 Å². The number of hydrogen-bond acceptors (Lipinski definition) is 4. The molecule has 0 N–H and O–H groups in total. The Morgan fingerprint density at radius 1 is 1.22 bits per heavy atom. The maximum Gasteiger partial charge on any atom is 0.298 e. The average Bonchev–Trinajstić information content (AvgIpc) is 3.16. The van der Waals surface area contributed by atoms with Crippen LogP contribution in [-0.2, 0) is 12.0 Å². The van der Waals surface area contributed by atoms with Crippen LogP contribution in [0.25, 0.3) is 11.3 Å². The van der Waals surface area contributed by atoms with Crippen LogP contribution in [0.5, 0.6) is 11.8 Å². The predicted octanol–water partition coefficient (Wildman–Crippen LogP) is 4.74. The van der Waals surface area contributed by atoms with Gasteiger partial charge in [0.05, 0.1) is 12.2 Å². The monoisotopic (exact) mass is 383 g/mol. The maximum atomic E-state index is 6.30. The van der Waals surface area contributed by atoms with E-state index in [9.17, 15) is 0 Å². The van der Waals surface area contributed by atoms with Crippen molar-refractivity contribution in [3.05, 3.63) is 59.5 Å². The SMILES string of the molecule is CC(C)(C)c1ccc(OC[C@@H]2Cn3c(nc(Cl)c3-c3cccnc3)O2)cc1. The topological polar surface area (TPSA) is 49.2 Å². The minimum atomic E-state index is -0.109. The zero-order valence-corrected chi connectivity index (χ0v) is 16.4. The van der Waals surface area contributed by atoms with E-state index in [1.54, 1.807) is 12.4 Å². The molecule has 0 saturated carbocycles. The molecule has 2 aromatic heterocycles. The highest BCUT2D eigenvalue weighted by atomic mass is 35.5. The Morgan fingerprint density at radius 3 is 2.67 bits per heavy atom. The molecule has 27 heavy (non-hydrogen) atoms. The predicted molar refractivity (Wildman–Crippen MR) is 106 cm³/mol. The van der Waals surface area contributed by atoms with E-state index < -0.39 is 0 Å². The Hall–Kier alpha value is -2.53. The van der Waals surface area contributed by atoms with Crippen molar-refractivity contribution < 1.29 is 9.47 Å². The van der Waals surface area contributed by atoms with Crippen molar-refractivity contribution in [3.63, 3.8) is 0 Å². The quantitative estimate of drug-likeness (QED) is 0.653. The number of fused-ring (bicyclic) bond motifs is 1. The number of benzene rings is 1. The second-order valence-electron chi connectivity index (χ2n) is 7.71. The number of nitrogens with zero attached hydrogens (tertiary/aromatic N) is 3. The molecule has 1 aliphatic rings. The number of pyridine rings is 1. The molecular formula is C21H22ClN3O2. The molecule has 0 fully saturated rings. The summed E-state index contributed by atoms with van der Waals surface area (Å²) in [6, 6.07) is 12.6. The van der Waals surface area contributed by atoms with Crippen molar-refractivity contribution in [1.29, 1.82) is 0 Å². The number of halogens is 1. The fourth-order valence-corrected chi connectivity index (χ4v) is 3.44. The Bertz CT molecular complexity index is 931. The molecule has 0 spiro atoms. The van der Waals surface area contributed by atoms with Crippen molar-refractivity contribution in [1.82, 2.24) is 14.5 Å². The third kappa shape index (κ3) is 3.65. The molecule has 1 atom stereocenters. The summed E-state index contributed by atoms with van der Waals surface area (Å²) in [4.78, 5) is 8.50. The van der Waals surface area contributed by atoms with Gasteiger partial charge in [0.2, 0.25) is 0 Å². The number of hydrogen-bond donors (Lipinski definition) is 0. The normalized spacial score (nSPS) is 16.1. The fraction of sp³-hybridized carbons (Fsp3) is 0.333.